The Morgan fingerprint density at radius 1 is 1.23 bits per heavy atom. The number of pyridine rings is 1. The number of carbonyl (C=O) groups excluding carboxylic acids is 1. The monoisotopic (exact) mass is 398 g/mol. The molecular weight excluding hydrogens is 372 g/mol. The number of nitrogens with two attached hydrogens (primary N) is 1. The predicted molar refractivity (Wildman–Crippen MR) is 117 cm³/mol. The Balaban J connectivity index is 2.02. The highest BCUT2D eigenvalue weighted by molar-refractivity contribution is 6.01. The first kappa shape index (κ1) is 19.9. The lowest BCUT2D eigenvalue weighted by Crippen LogP contribution is -2.42. The third-order valence-electron chi connectivity index (χ3n) is 6.02. The second-order valence-corrected chi connectivity index (χ2v) is 9.05. The van der Waals surface area contributed by atoms with Crippen molar-refractivity contribution in [1.29, 1.82) is 5.26 Å². The highest BCUT2D eigenvalue weighted by Crippen LogP contribution is 2.50. The van der Waals surface area contributed by atoms with E-state index in [1.54, 1.807) is 12.4 Å². The van der Waals surface area contributed by atoms with Gasteiger partial charge in [-0.25, -0.2) is 0 Å². The van der Waals surface area contributed by atoms with Gasteiger partial charge in [-0.05, 0) is 48.9 Å². The van der Waals surface area contributed by atoms with Gasteiger partial charge in [0, 0.05) is 23.9 Å². The van der Waals surface area contributed by atoms with Gasteiger partial charge in [-0.2, -0.15) is 5.26 Å². The molecule has 0 bridgehead atoms. The fourth-order valence-electron chi connectivity index (χ4n) is 4.75. The van der Waals surface area contributed by atoms with E-state index in [0.29, 0.717) is 29.8 Å². The van der Waals surface area contributed by atoms with E-state index < -0.39 is 5.92 Å². The molecule has 152 valence electrons. The number of hydrogen-bond acceptors (Lipinski definition) is 5. The number of anilines is 1. The van der Waals surface area contributed by atoms with Crippen molar-refractivity contribution in [3.05, 3.63) is 82.1 Å². The zero-order valence-electron chi connectivity index (χ0n) is 17.9. The van der Waals surface area contributed by atoms with Gasteiger partial charge in [0.05, 0.1) is 29.4 Å². The van der Waals surface area contributed by atoms with E-state index in [9.17, 15) is 10.1 Å². The molecule has 0 saturated carbocycles. The van der Waals surface area contributed by atoms with E-state index in [0.717, 1.165) is 28.1 Å². The van der Waals surface area contributed by atoms with Crippen LogP contribution >= 0.6 is 0 Å². The summed E-state index contributed by atoms with van der Waals surface area (Å²) in [4.78, 5) is 19.6. The second kappa shape index (κ2) is 7.14. The summed E-state index contributed by atoms with van der Waals surface area (Å²) in [5.41, 5.74) is 12.3. The number of Topliss-reactive ketones (excluding diaryl/α,β-unsaturated/α-hetero) is 1. The Bertz CT molecular complexity index is 1140. The van der Waals surface area contributed by atoms with Crippen LogP contribution in [0, 0.1) is 30.6 Å². The number of ketones is 1. The topological polar surface area (TPSA) is 83.0 Å². The molecule has 1 aliphatic carbocycles. The van der Waals surface area contributed by atoms with Crippen molar-refractivity contribution in [2.75, 3.05) is 4.90 Å². The van der Waals surface area contributed by atoms with Crippen molar-refractivity contribution in [3.8, 4) is 6.07 Å². The average molecular weight is 399 g/mol. The summed E-state index contributed by atoms with van der Waals surface area (Å²) in [6.45, 7) is 8.26. The molecule has 1 aliphatic heterocycles. The van der Waals surface area contributed by atoms with E-state index in [-0.39, 0.29) is 11.2 Å². The van der Waals surface area contributed by atoms with Crippen LogP contribution in [0.2, 0.25) is 0 Å². The molecule has 0 fully saturated rings. The third kappa shape index (κ3) is 3.19. The van der Waals surface area contributed by atoms with Crippen molar-refractivity contribution in [2.45, 2.75) is 46.5 Å². The van der Waals surface area contributed by atoms with Crippen LogP contribution in [0.1, 0.15) is 49.3 Å². The van der Waals surface area contributed by atoms with Gasteiger partial charge in [0.2, 0.25) is 0 Å². The maximum absolute atomic E-state index is 13.5. The van der Waals surface area contributed by atoms with E-state index >= 15 is 0 Å². The maximum atomic E-state index is 13.5. The molecule has 0 saturated heterocycles. The second-order valence-electron chi connectivity index (χ2n) is 9.05. The van der Waals surface area contributed by atoms with Crippen molar-refractivity contribution in [3.63, 3.8) is 0 Å². The summed E-state index contributed by atoms with van der Waals surface area (Å²) in [5, 5.41) is 10.1. The van der Waals surface area contributed by atoms with Crippen molar-refractivity contribution >= 4 is 11.5 Å². The lowest BCUT2D eigenvalue weighted by atomic mass is 9.68. The van der Waals surface area contributed by atoms with Crippen LogP contribution in [0.4, 0.5) is 5.69 Å². The molecule has 2 N–H and O–H groups in total. The van der Waals surface area contributed by atoms with Gasteiger partial charge in [0.25, 0.3) is 0 Å². The van der Waals surface area contributed by atoms with Crippen molar-refractivity contribution in [1.82, 2.24) is 4.98 Å². The lowest BCUT2D eigenvalue weighted by molar-refractivity contribution is -0.118. The van der Waals surface area contributed by atoms with Gasteiger partial charge in [-0.3, -0.25) is 14.7 Å². The molecule has 0 spiro atoms. The summed E-state index contributed by atoms with van der Waals surface area (Å²) in [7, 11) is 0. The number of aromatic nitrogens is 1. The van der Waals surface area contributed by atoms with Crippen LogP contribution in [0.5, 0.6) is 0 Å². The Labute approximate surface area is 177 Å². The molecule has 5 heteroatoms. The number of allylic oxidation sites excluding steroid dienone is 3. The van der Waals surface area contributed by atoms with Gasteiger partial charge >= 0.3 is 0 Å². The molecule has 1 aromatic carbocycles. The molecule has 1 atom stereocenters. The fraction of sp³-hybridized carbons (Fsp3) is 0.320. The lowest BCUT2D eigenvalue weighted by Gasteiger charge is -2.43. The number of aryl methyl sites for hydroxylation is 2. The molecule has 2 aromatic rings. The standard InChI is InChI=1S/C25H26N4O/c1-15-7-8-18(16(2)10-15)22-19(13-26)24(27)29(17-6-5-9-28-14-17)20-11-25(3,4)12-21(30)23(20)22/h5-10,14,22H,11-12,27H2,1-4H3/t22-/m1/s1. The Kier molecular flexibility index (Phi) is 4.74. The van der Waals surface area contributed by atoms with Crippen molar-refractivity contribution in [2.24, 2.45) is 11.1 Å². The van der Waals surface area contributed by atoms with Crippen LogP contribution in [-0.2, 0) is 4.79 Å². The number of hydrogen-bond donors (Lipinski definition) is 1. The minimum Gasteiger partial charge on any atom is -0.384 e. The van der Waals surface area contributed by atoms with Gasteiger partial charge in [-0.1, -0.05) is 37.6 Å². The molecule has 2 heterocycles. The predicted octanol–water partition coefficient (Wildman–Crippen LogP) is 4.64. The van der Waals surface area contributed by atoms with Gasteiger partial charge < -0.3 is 5.73 Å². The SMILES string of the molecule is Cc1ccc([C@@H]2C(C#N)=C(N)N(c3cccnc3)C3=C2C(=O)CC(C)(C)C3)c(C)c1. The molecule has 4 rings (SSSR count). The minimum atomic E-state index is -0.442. The molecule has 0 radical (unpaired) electrons. The molecule has 2 aliphatic rings. The normalized spacial score (nSPS) is 20.8. The zero-order valence-corrected chi connectivity index (χ0v) is 17.9. The van der Waals surface area contributed by atoms with Gasteiger partial charge in [0.1, 0.15) is 5.82 Å². The summed E-state index contributed by atoms with van der Waals surface area (Å²) in [6, 6.07) is 12.2. The molecule has 0 unspecified atom stereocenters. The first-order valence-electron chi connectivity index (χ1n) is 10.2. The van der Waals surface area contributed by atoms with E-state index in [4.69, 9.17) is 5.73 Å². The van der Waals surface area contributed by atoms with Crippen LogP contribution in [0.25, 0.3) is 0 Å². The largest absolute Gasteiger partial charge is 0.384 e. The molecule has 0 amide bonds. The number of nitriles is 1. The molecule has 5 nitrogen and oxygen atoms in total. The van der Waals surface area contributed by atoms with Gasteiger partial charge in [-0.15, -0.1) is 0 Å². The van der Waals surface area contributed by atoms with Crippen LogP contribution in [-0.4, -0.2) is 10.8 Å². The third-order valence-corrected chi connectivity index (χ3v) is 6.02. The summed E-state index contributed by atoms with van der Waals surface area (Å²) >= 11 is 0. The number of nitrogens with zero attached hydrogens (tertiary/aromatic N) is 3. The highest BCUT2D eigenvalue weighted by Gasteiger charge is 2.45. The number of benzene rings is 1. The number of rotatable bonds is 2. The summed E-state index contributed by atoms with van der Waals surface area (Å²) < 4.78 is 0. The van der Waals surface area contributed by atoms with Crippen LogP contribution < -0.4 is 10.6 Å². The quantitative estimate of drug-likeness (QED) is 0.797. The Hall–Kier alpha value is -3.39. The smallest absolute Gasteiger partial charge is 0.162 e. The van der Waals surface area contributed by atoms with E-state index in [1.807, 2.05) is 43.0 Å². The van der Waals surface area contributed by atoms with Gasteiger partial charge in [0.15, 0.2) is 5.78 Å². The first-order valence-corrected chi connectivity index (χ1v) is 10.2. The zero-order chi connectivity index (χ0) is 21.6. The highest BCUT2D eigenvalue weighted by atomic mass is 16.1. The summed E-state index contributed by atoms with van der Waals surface area (Å²) in [5.74, 6) is 0.0159. The summed E-state index contributed by atoms with van der Waals surface area (Å²) in [6.07, 6.45) is 4.56. The Morgan fingerprint density at radius 3 is 2.63 bits per heavy atom. The average Bonchev–Trinajstić information content (AvgIpc) is 2.67. The van der Waals surface area contributed by atoms with Crippen LogP contribution in [0.3, 0.4) is 0 Å². The molecule has 30 heavy (non-hydrogen) atoms. The number of carbonyl (C=O) groups is 1. The van der Waals surface area contributed by atoms with Crippen LogP contribution in [0.15, 0.2) is 65.4 Å². The van der Waals surface area contributed by atoms with Crippen molar-refractivity contribution < 1.29 is 4.79 Å². The molecular formula is C25H26N4O. The minimum absolute atomic E-state index is 0.0837. The Morgan fingerprint density at radius 2 is 2.00 bits per heavy atom. The van der Waals surface area contributed by atoms with E-state index in [1.165, 1.54) is 0 Å². The molecule has 1 aromatic heterocycles. The maximum Gasteiger partial charge on any atom is 0.162 e. The fourth-order valence-corrected chi connectivity index (χ4v) is 4.75. The van der Waals surface area contributed by atoms with E-state index in [2.05, 4.69) is 31.0 Å². The first-order chi connectivity index (χ1) is 14.2.